The zero-order valence-electron chi connectivity index (χ0n) is 13.9. The lowest BCUT2D eigenvalue weighted by molar-refractivity contribution is 0.0710. The van der Waals surface area contributed by atoms with Crippen LogP contribution in [0.2, 0.25) is 0 Å². The standard InChI is InChI=1S/C17H23N3O3/c1-11-8-15(13(3)20(11)17-9-12(2)23-18-17)16(22)10-19-6-4-14(21)5-7-19/h8-9,14,21H,4-7,10H2,1-3H3. The molecule has 0 saturated carbocycles. The van der Waals surface area contributed by atoms with Gasteiger partial charge in [-0.05, 0) is 39.7 Å². The molecule has 1 N–H and O–H groups in total. The fourth-order valence-electron chi connectivity index (χ4n) is 3.22. The van der Waals surface area contributed by atoms with E-state index in [1.54, 1.807) is 0 Å². The number of piperidine rings is 1. The Balaban J connectivity index is 1.79. The molecule has 0 bridgehead atoms. The van der Waals surface area contributed by atoms with Gasteiger partial charge in [-0.25, -0.2) is 0 Å². The minimum atomic E-state index is -0.221. The molecule has 0 atom stereocenters. The fourth-order valence-corrected chi connectivity index (χ4v) is 3.22. The van der Waals surface area contributed by atoms with Gasteiger partial charge >= 0.3 is 0 Å². The Bertz CT molecular complexity index is 709. The van der Waals surface area contributed by atoms with Gasteiger partial charge in [0.2, 0.25) is 0 Å². The number of Topliss-reactive ketones (excluding diaryl/α,β-unsaturated/α-hetero) is 1. The predicted octanol–water partition coefficient (Wildman–Crippen LogP) is 2.03. The van der Waals surface area contributed by atoms with Crippen LogP contribution in [0.3, 0.4) is 0 Å². The van der Waals surface area contributed by atoms with Crippen LogP contribution in [-0.4, -0.2) is 51.3 Å². The van der Waals surface area contributed by atoms with E-state index in [1.165, 1.54) is 0 Å². The van der Waals surface area contributed by atoms with Crippen molar-refractivity contribution in [1.82, 2.24) is 14.6 Å². The summed E-state index contributed by atoms with van der Waals surface area (Å²) in [6, 6.07) is 3.78. The maximum absolute atomic E-state index is 12.7. The molecule has 124 valence electrons. The highest BCUT2D eigenvalue weighted by molar-refractivity contribution is 5.99. The van der Waals surface area contributed by atoms with Crippen LogP contribution in [0, 0.1) is 20.8 Å². The predicted molar refractivity (Wildman–Crippen MR) is 86.1 cm³/mol. The number of ketones is 1. The molecule has 6 nitrogen and oxygen atoms in total. The summed E-state index contributed by atoms with van der Waals surface area (Å²) in [5.41, 5.74) is 2.58. The third kappa shape index (κ3) is 3.23. The van der Waals surface area contributed by atoms with Gasteiger partial charge in [0.05, 0.1) is 12.6 Å². The number of rotatable bonds is 4. The second-order valence-electron chi connectivity index (χ2n) is 6.35. The van der Waals surface area contributed by atoms with E-state index < -0.39 is 0 Å². The lowest BCUT2D eigenvalue weighted by Gasteiger charge is -2.28. The molecular formula is C17H23N3O3. The van der Waals surface area contributed by atoms with E-state index in [0.29, 0.717) is 12.4 Å². The van der Waals surface area contributed by atoms with E-state index in [9.17, 15) is 9.90 Å². The van der Waals surface area contributed by atoms with E-state index in [0.717, 1.165) is 48.6 Å². The Hall–Kier alpha value is -1.92. The zero-order valence-corrected chi connectivity index (χ0v) is 13.9. The van der Waals surface area contributed by atoms with E-state index in [2.05, 4.69) is 10.1 Å². The Morgan fingerprint density at radius 2 is 2.00 bits per heavy atom. The minimum Gasteiger partial charge on any atom is -0.393 e. The van der Waals surface area contributed by atoms with Crippen LogP contribution in [0.1, 0.15) is 40.3 Å². The van der Waals surface area contributed by atoms with Gasteiger partial charge < -0.3 is 9.63 Å². The number of aryl methyl sites for hydroxylation is 2. The first kappa shape index (κ1) is 16.0. The molecule has 3 heterocycles. The molecule has 1 fully saturated rings. The molecule has 0 aliphatic carbocycles. The number of carbonyl (C=O) groups is 1. The summed E-state index contributed by atoms with van der Waals surface area (Å²) in [7, 11) is 0. The quantitative estimate of drug-likeness (QED) is 0.874. The summed E-state index contributed by atoms with van der Waals surface area (Å²) in [5.74, 6) is 1.56. The van der Waals surface area contributed by atoms with Crippen molar-refractivity contribution >= 4 is 5.78 Å². The number of hydrogen-bond donors (Lipinski definition) is 1. The number of aliphatic hydroxyl groups excluding tert-OH is 1. The van der Waals surface area contributed by atoms with Crippen molar-refractivity contribution < 1.29 is 14.4 Å². The summed E-state index contributed by atoms with van der Waals surface area (Å²) in [5, 5.41) is 13.6. The number of likely N-dealkylation sites (tertiary alicyclic amines) is 1. The number of aliphatic hydroxyl groups is 1. The first-order chi connectivity index (χ1) is 11.0. The second-order valence-corrected chi connectivity index (χ2v) is 6.35. The lowest BCUT2D eigenvalue weighted by Crippen LogP contribution is -2.39. The maximum atomic E-state index is 12.7. The van der Waals surface area contributed by atoms with Crippen molar-refractivity contribution in [2.45, 2.75) is 39.7 Å². The van der Waals surface area contributed by atoms with Crippen molar-refractivity contribution in [3.05, 3.63) is 34.8 Å². The molecule has 0 spiro atoms. The third-order valence-electron chi connectivity index (χ3n) is 4.50. The highest BCUT2D eigenvalue weighted by atomic mass is 16.5. The largest absolute Gasteiger partial charge is 0.393 e. The molecule has 1 aliphatic heterocycles. The average molecular weight is 317 g/mol. The van der Waals surface area contributed by atoms with Crippen LogP contribution in [0.15, 0.2) is 16.7 Å². The van der Waals surface area contributed by atoms with E-state index in [-0.39, 0.29) is 11.9 Å². The molecule has 23 heavy (non-hydrogen) atoms. The van der Waals surface area contributed by atoms with Crippen LogP contribution in [0.5, 0.6) is 0 Å². The van der Waals surface area contributed by atoms with Gasteiger partial charge in [-0.2, -0.15) is 0 Å². The number of aromatic nitrogens is 2. The molecule has 0 radical (unpaired) electrons. The van der Waals surface area contributed by atoms with Crippen LogP contribution in [0.4, 0.5) is 0 Å². The molecule has 1 aliphatic rings. The SMILES string of the molecule is Cc1cc(-n2c(C)cc(C(=O)CN3CCC(O)CC3)c2C)no1. The first-order valence-corrected chi connectivity index (χ1v) is 8.02. The fraction of sp³-hybridized carbons (Fsp3) is 0.529. The van der Waals surface area contributed by atoms with Gasteiger partial charge in [-0.1, -0.05) is 5.16 Å². The average Bonchev–Trinajstić information content (AvgIpc) is 3.05. The van der Waals surface area contributed by atoms with Crippen LogP contribution < -0.4 is 0 Å². The maximum Gasteiger partial charge on any atom is 0.180 e. The van der Waals surface area contributed by atoms with Crippen molar-refractivity contribution in [3.8, 4) is 5.82 Å². The molecule has 0 unspecified atom stereocenters. The van der Waals surface area contributed by atoms with E-state index in [1.807, 2.05) is 37.5 Å². The summed E-state index contributed by atoms with van der Waals surface area (Å²) in [6.07, 6.45) is 1.26. The summed E-state index contributed by atoms with van der Waals surface area (Å²) < 4.78 is 7.09. The van der Waals surface area contributed by atoms with Gasteiger partial charge in [-0.3, -0.25) is 14.3 Å². The Labute approximate surface area is 135 Å². The minimum absolute atomic E-state index is 0.112. The number of nitrogens with zero attached hydrogens (tertiary/aromatic N) is 3. The van der Waals surface area contributed by atoms with E-state index >= 15 is 0 Å². The van der Waals surface area contributed by atoms with Gasteiger partial charge in [0.25, 0.3) is 0 Å². The molecular weight excluding hydrogens is 294 g/mol. The highest BCUT2D eigenvalue weighted by Gasteiger charge is 2.23. The smallest absolute Gasteiger partial charge is 0.180 e. The normalized spacial score (nSPS) is 16.9. The van der Waals surface area contributed by atoms with Gasteiger partial charge in [0.1, 0.15) is 5.76 Å². The lowest BCUT2D eigenvalue weighted by atomic mass is 10.1. The van der Waals surface area contributed by atoms with E-state index in [4.69, 9.17) is 4.52 Å². The second kappa shape index (κ2) is 6.29. The summed E-state index contributed by atoms with van der Waals surface area (Å²) in [4.78, 5) is 14.8. The Morgan fingerprint density at radius 3 is 2.61 bits per heavy atom. The molecule has 2 aromatic heterocycles. The topological polar surface area (TPSA) is 71.5 Å². The van der Waals surface area contributed by atoms with Crippen LogP contribution >= 0.6 is 0 Å². The van der Waals surface area contributed by atoms with Crippen molar-refractivity contribution in [2.24, 2.45) is 0 Å². The van der Waals surface area contributed by atoms with Crippen molar-refractivity contribution in [1.29, 1.82) is 0 Å². The molecule has 2 aromatic rings. The Morgan fingerprint density at radius 1 is 1.30 bits per heavy atom. The summed E-state index contributed by atoms with van der Waals surface area (Å²) in [6.45, 7) is 7.69. The third-order valence-corrected chi connectivity index (χ3v) is 4.50. The van der Waals surface area contributed by atoms with Gasteiger partial charge in [0.15, 0.2) is 11.6 Å². The van der Waals surface area contributed by atoms with Gasteiger partial charge in [-0.15, -0.1) is 0 Å². The first-order valence-electron chi connectivity index (χ1n) is 8.02. The molecule has 0 amide bonds. The molecule has 0 aromatic carbocycles. The number of carbonyl (C=O) groups excluding carboxylic acids is 1. The molecule has 3 rings (SSSR count). The molecule has 6 heteroatoms. The zero-order chi connectivity index (χ0) is 16.6. The number of hydrogen-bond acceptors (Lipinski definition) is 5. The Kier molecular flexibility index (Phi) is 4.37. The monoisotopic (exact) mass is 317 g/mol. The highest BCUT2D eigenvalue weighted by Crippen LogP contribution is 2.22. The van der Waals surface area contributed by atoms with Crippen LogP contribution in [0.25, 0.3) is 5.82 Å². The van der Waals surface area contributed by atoms with Crippen LogP contribution in [-0.2, 0) is 0 Å². The van der Waals surface area contributed by atoms with Gasteiger partial charge in [0, 0.05) is 36.1 Å². The van der Waals surface area contributed by atoms with Crippen molar-refractivity contribution in [2.75, 3.05) is 19.6 Å². The molecule has 1 saturated heterocycles. The summed E-state index contributed by atoms with van der Waals surface area (Å²) >= 11 is 0. The van der Waals surface area contributed by atoms with Crippen molar-refractivity contribution in [3.63, 3.8) is 0 Å².